The van der Waals surface area contributed by atoms with E-state index in [1.165, 1.54) is 0 Å². The van der Waals surface area contributed by atoms with Gasteiger partial charge in [0.05, 0.1) is 13.2 Å². The number of piperazine rings is 1. The lowest BCUT2D eigenvalue weighted by molar-refractivity contribution is -0.133. The summed E-state index contributed by atoms with van der Waals surface area (Å²) < 4.78 is 11.0. The number of methoxy groups -OCH3 is 1. The minimum atomic E-state index is -0.242. The van der Waals surface area contributed by atoms with Gasteiger partial charge in [-0.3, -0.25) is 10.2 Å². The zero-order chi connectivity index (χ0) is 20.1. The summed E-state index contributed by atoms with van der Waals surface area (Å²) in [6, 6.07) is 9.13. The van der Waals surface area contributed by atoms with Crippen molar-refractivity contribution in [1.82, 2.24) is 25.7 Å². The molecule has 0 radical (unpaired) electrons. The van der Waals surface area contributed by atoms with Gasteiger partial charge in [0, 0.05) is 44.6 Å². The Labute approximate surface area is 170 Å². The van der Waals surface area contributed by atoms with Crippen molar-refractivity contribution >= 4 is 11.9 Å². The Bertz CT molecular complexity index is 813. The topological polar surface area (TPSA) is 91.9 Å². The van der Waals surface area contributed by atoms with Crippen LogP contribution in [-0.4, -0.2) is 72.8 Å². The number of aromatic nitrogens is 2. The summed E-state index contributed by atoms with van der Waals surface area (Å²) in [7, 11) is 1.63. The van der Waals surface area contributed by atoms with Gasteiger partial charge < -0.3 is 19.3 Å². The van der Waals surface area contributed by atoms with Crippen LogP contribution in [0.3, 0.4) is 0 Å². The average molecular weight is 398 g/mol. The van der Waals surface area contributed by atoms with E-state index in [0.717, 1.165) is 30.5 Å². The summed E-state index contributed by atoms with van der Waals surface area (Å²) in [5, 5.41) is 0. The number of carbonyl (C=O) groups is 1. The Balaban J connectivity index is 1.23. The summed E-state index contributed by atoms with van der Waals surface area (Å²) in [5.41, 5.74) is 6.30. The molecule has 1 aromatic heterocycles. The molecule has 154 valence electrons. The van der Waals surface area contributed by atoms with E-state index in [-0.39, 0.29) is 18.0 Å². The van der Waals surface area contributed by atoms with Gasteiger partial charge in [-0.1, -0.05) is 6.07 Å². The smallest absolute Gasteiger partial charge is 0.241 e. The van der Waals surface area contributed by atoms with Gasteiger partial charge in [-0.25, -0.2) is 15.4 Å². The normalized spacial score (nSPS) is 21.8. The standard InChI is InChI=1S/C20H26N6O3/c1-28-16-4-2-5-17(13-16)29-14-15-12-18(24-23-15)19(27)25-8-10-26(11-9-25)20-21-6-3-7-22-20/h2-7,13,15,18,23-24H,8-12,14H2,1H3. The van der Waals surface area contributed by atoms with Crippen LogP contribution in [0.4, 0.5) is 5.95 Å². The van der Waals surface area contributed by atoms with Crippen molar-refractivity contribution in [2.75, 3.05) is 44.8 Å². The van der Waals surface area contributed by atoms with Crippen LogP contribution in [0.5, 0.6) is 11.5 Å². The first kappa shape index (κ1) is 19.4. The number of hydrazine groups is 1. The Kier molecular flexibility index (Phi) is 6.06. The SMILES string of the molecule is COc1cccc(OCC2CC(C(=O)N3CCN(c4ncccn4)CC3)NN2)c1. The molecule has 0 aliphatic carbocycles. The first-order chi connectivity index (χ1) is 14.2. The summed E-state index contributed by atoms with van der Waals surface area (Å²) in [6.07, 6.45) is 4.16. The highest BCUT2D eigenvalue weighted by Crippen LogP contribution is 2.20. The van der Waals surface area contributed by atoms with E-state index in [1.807, 2.05) is 29.2 Å². The van der Waals surface area contributed by atoms with E-state index in [1.54, 1.807) is 25.6 Å². The van der Waals surface area contributed by atoms with Gasteiger partial charge in [-0.2, -0.15) is 0 Å². The molecule has 2 aliphatic heterocycles. The van der Waals surface area contributed by atoms with Crippen LogP contribution in [-0.2, 0) is 4.79 Å². The van der Waals surface area contributed by atoms with Crippen LogP contribution in [0.15, 0.2) is 42.7 Å². The monoisotopic (exact) mass is 398 g/mol. The first-order valence-electron chi connectivity index (χ1n) is 9.81. The molecule has 2 N–H and O–H groups in total. The highest BCUT2D eigenvalue weighted by atomic mass is 16.5. The summed E-state index contributed by atoms with van der Waals surface area (Å²) in [4.78, 5) is 25.4. The molecule has 0 spiro atoms. The fourth-order valence-electron chi connectivity index (χ4n) is 3.58. The molecule has 0 bridgehead atoms. The Morgan fingerprint density at radius 3 is 2.62 bits per heavy atom. The maximum atomic E-state index is 12.9. The molecule has 1 aromatic carbocycles. The van der Waals surface area contributed by atoms with Crippen molar-refractivity contribution in [1.29, 1.82) is 0 Å². The molecule has 3 heterocycles. The van der Waals surface area contributed by atoms with Gasteiger partial charge in [0.25, 0.3) is 0 Å². The molecule has 2 atom stereocenters. The predicted octanol–water partition coefficient (Wildman–Crippen LogP) is 0.448. The second-order valence-electron chi connectivity index (χ2n) is 7.12. The number of anilines is 1. The molecule has 9 heteroatoms. The van der Waals surface area contributed by atoms with Crippen LogP contribution in [0, 0.1) is 0 Å². The molecule has 2 saturated heterocycles. The van der Waals surface area contributed by atoms with Gasteiger partial charge in [-0.15, -0.1) is 0 Å². The first-order valence-corrected chi connectivity index (χ1v) is 9.81. The quantitative estimate of drug-likeness (QED) is 0.725. The number of ether oxygens (including phenoxy) is 2. The molecule has 2 aliphatic rings. The van der Waals surface area contributed by atoms with Crippen LogP contribution in [0.1, 0.15) is 6.42 Å². The predicted molar refractivity (Wildman–Crippen MR) is 108 cm³/mol. The Morgan fingerprint density at radius 2 is 1.86 bits per heavy atom. The number of rotatable bonds is 6. The van der Waals surface area contributed by atoms with Crippen LogP contribution in [0.2, 0.25) is 0 Å². The summed E-state index contributed by atoms with van der Waals surface area (Å²) in [5.74, 6) is 2.35. The maximum Gasteiger partial charge on any atom is 0.241 e. The van der Waals surface area contributed by atoms with Gasteiger partial charge in [0.1, 0.15) is 24.1 Å². The molecule has 4 rings (SSSR count). The average Bonchev–Trinajstić information content (AvgIpc) is 3.27. The highest BCUT2D eigenvalue weighted by molar-refractivity contribution is 5.82. The number of nitrogens with zero attached hydrogens (tertiary/aromatic N) is 4. The third kappa shape index (κ3) is 4.75. The number of amides is 1. The third-order valence-electron chi connectivity index (χ3n) is 5.20. The van der Waals surface area contributed by atoms with Crippen molar-refractivity contribution in [3.8, 4) is 11.5 Å². The summed E-state index contributed by atoms with van der Waals surface area (Å²) in [6.45, 7) is 3.28. The van der Waals surface area contributed by atoms with Crippen molar-refractivity contribution in [3.05, 3.63) is 42.7 Å². The zero-order valence-electron chi connectivity index (χ0n) is 16.5. The van der Waals surface area contributed by atoms with E-state index < -0.39 is 0 Å². The van der Waals surface area contributed by atoms with Crippen LogP contribution in [0.25, 0.3) is 0 Å². The second kappa shape index (κ2) is 9.06. The number of hydrogen-bond donors (Lipinski definition) is 2. The minimum Gasteiger partial charge on any atom is -0.497 e. The van der Waals surface area contributed by atoms with Gasteiger partial charge in [0.2, 0.25) is 11.9 Å². The van der Waals surface area contributed by atoms with E-state index in [9.17, 15) is 4.79 Å². The second-order valence-corrected chi connectivity index (χ2v) is 7.12. The van der Waals surface area contributed by atoms with Gasteiger partial charge in [-0.05, 0) is 24.6 Å². The summed E-state index contributed by atoms with van der Waals surface area (Å²) >= 11 is 0. The van der Waals surface area contributed by atoms with Crippen LogP contribution < -0.4 is 25.2 Å². The Morgan fingerprint density at radius 1 is 1.10 bits per heavy atom. The molecule has 29 heavy (non-hydrogen) atoms. The molecule has 2 unspecified atom stereocenters. The van der Waals surface area contributed by atoms with Crippen molar-refractivity contribution in [3.63, 3.8) is 0 Å². The molecule has 9 nitrogen and oxygen atoms in total. The highest BCUT2D eigenvalue weighted by Gasteiger charge is 2.34. The van der Waals surface area contributed by atoms with Gasteiger partial charge in [0.15, 0.2) is 0 Å². The lowest BCUT2D eigenvalue weighted by atomic mass is 10.1. The molecular weight excluding hydrogens is 372 g/mol. The molecule has 0 saturated carbocycles. The zero-order valence-corrected chi connectivity index (χ0v) is 16.5. The van der Waals surface area contributed by atoms with E-state index in [4.69, 9.17) is 9.47 Å². The van der Waals surface area contributed by atoms with E-state index >= 15 is 0 Å². The maximum absolute atomic E-state index is 12.9. The molecule has 2 aromatic rings. The molecular formula is C20H26N6O3. The number of nitrogens with one attached hydrogen (secondary N) is 2. The van der Waals surface area contributed by atoms with Crippen molar-refractivity contribution in [2.24, 2.45) is 0 Å². The number of hydrogen-bond acceptors (Lipinski definition) is 8. The molecule has 1 amide bonds. The van der Waals surface area contributed by atoms with E-state index in [0.29, 0.717) is 26.1 Å². The van der Waals surface area contributed by atoms with Crippen molar-refractivity contribution in [2.45, 2.75) is 18.5 Å². The fourth-order valence-corrected chi connectivity index (χ4v) is 3.58. The fraction of sp³-hybridized carbons (Fsp3) is 0.450. The van der Waals surface area contributed by atoms with Crippen molar-refractivity contribution < 1.29 is 14.3 Å². The lowest BCUT2D eigenvalue weighted by Crippen LogP contribution is -2.54. The van der Waals surface area contributed by atoms with Crippen LogP contribution >= 0.6 is 0 Å². The van der Waals surface area contributed by atoms with Gasteiger partial charge >= 0.3 is 0 Å². The largest absolute Gasteiger partial charge is 0.497 e. The van der Waals surface area contributed by atoms with E-state index in [2.05, 4.69) is 25.7 Å². The lowest BCUT2D eigenvalue weighted by Gasteiger charge is -2.35. The number of benzene rings is 1. The number of carbonyl (C=O) groups excluding carboxylic acids is 1. The molecule has 2 fully saturated rings. The minimum absolute atomic E-state index is 0.0640. The Hall–Kier alpha value is -2.91. The third-order valence-corrected chi connectivity index (χ3v) is 5.20.